The highest BCUT2D eigenvalue weighted by Crippen LogP contribution is 2.40. The van der Waals surface area contributed by atoms with Gasteiger partial charge in [-0.05, 0) is 37.1 Å². The van der Waals surface area contributed by atoms with E-state index in [0.29, 0.717) is 25.9 Å². The lowest BCUT2D eigenvalue weighted by Gasteiger charge is -2.37. The van der Waals surface area contributed by atoms with Gasteiger partial charge in [-0.1, -0.05) is 60.7 Å². The maximum absolute atomic E-state index is 14.2. The Hall–Kier alpha value is -3.17. The van der Waals surface area contributed by atoms with E-state index in [4.69, 9.17) is 5.41 Å². The van der Waals surface area contributed by atoms with Crippen molar-refractivity contribution in [3.8, 4) is 0 Å². The lowest BCUT2D eigenvalue weighted by atomic mass is 9.79. The smallest absolute Gasteiger partial charge is 0.382 e. The van der Waals surface area contributed by atoms with Gasteiger partial charge in [-0.3, -0.25) is 4.79 Å². The number of hydrogen-bond donors (Lipinski definition) is 5. The predicted octanol–water partition coefficient (Wildman–Crippen LogP) is 3.27. The van der Waals surface area contributed by atoms with Crippen molar-refractivity contribution in [2.45, 2.75) is 31.2 Å². The molecule has 1 amide bonds. The molecule has 0 aliphatic carbocycles. The number of carbonyl (C=O) groups excluding carboxylic acids is 1. The van der Waals surface area contributed by atoms with Crippen molar-refractivity contribution in [1.29, 1.82) is 5.41 Å². The van der Waals surface area contributed by atoms with E-state index in [1.54, 1.807) is 0 Å². The number of aliphatic hydroxyl groups excluding tert-OH is 1. The van der Waals surface area contributed by atoms with Gasteiger partial charge in [-0.25, -0.2) is 0 Å². The summed E-state index contributed by atoms with van der Waals surface area (Å²) in [5.41, 5.74) is 0.948. The molecule has 34 heavy (non-hydrogen) atoms. The first kappa shape index (κ1) is 24.0. The number of hydrogen-bond acceptors (Lipinski definition) is 5. The van der Waals surface area contributed by atoms with Gasteiger partial charge in [-0.15, -0.1) is 0 Å². The van der Waals surface area contributed by atoms with Gasteiger partial charge in [0, 0.05) is 17.2 Å². The number of benzene rings is 2. The SMILES string of the molecule is N=C(C1=C(NC(c2ccccc2)c2ccccc2)NC(=O)[C@H](O)[C@@H]1C(F)(F)F)C1CCNCC1. The monoisotopic (exact) mass is 472 g/mol. The summed E-state index contributed by atoms with van der Waals surface area (Å²) in [6.07, 6.45) is -6.22. The van der Waals surface area contributed by atoms with Crippen LogP contribution in [0.15, 0.2) is 72.1 Å². The third kappa shape index (κ3) is 5.00. The summed E-state index contributed by atoms with van der Waals surface area (Å²) >= 11 is 0. The van der Waals surface area contributed by atoms with Crippen LogP contribution in [0.3, 0.4) is 0 Å². The largest absolute Gasteiger partial charge is 0.398 e. The number of aliphatic hydroxyl groups is 1. The van der Waals surface area contributed by atoms with Gasteiger partial charge < -0.3 is 26.5 Å². The highest BCUT2D eigenvalue weighted by molar-refractivity contribution is 6.03. The van der Waals surface area contributed by atoms with Crippen LogP contribution in [0, 0.1) is 17.2 Å². The minimum absolute atomic E-state index is 0.182. The number of alkyl halides is 3. The topological polar surface area (TPSA) is 97.2 Å². The van der Waals surface area contributed by atoms with Crippen LogP contribution in [0.2, 0.25) is 0 Å². The zero-order chi connectivity index (χ0) is 24.3. The quantitative estimate of drug-likeness (QED) is 0.417. The Bertz CT molecular complexity index is 1010. The van der Waals surface area contributed by atoms with Crippen LogP contribution in [-0.4, -0.2) is 42.1 Å². The Balaban J connectivity index is 1.83. The van der Waals surface area contributed by atoms with E-state index in [-0.39, 0.29) is 11.5 Å². The summed E-state index contributed by atoms with van der Waals surface area (Å²) in [7, 11) is 0. The molecule has 2 aromatic carbocycles. The average Bonchev–Trinajstić information content (AvgIpc) is 2.84. The lowest BCUT2D eigenvalue weighted by Crippen LogP contribution is -2.55. The van der Waals surface area contributed by atoms with E-state index in [1.165, 1.54) is 0 Å². The molecule has 0 unspecified atom stereocenters. The van der Waals surface area contributed by atoms with Crippen molar-refractivity contribution in [2.75, 3.05) is 13.1 Å². The van der Waals surface area contributed by atoms with Crippen molar-refractivity contribution in [2.24, 2.45) is 11.8 Å². The molecule has 5 N–H and O–H groups in total. The molecule has 0 radical (unpaired) electrons. The van der Waals surface area contributed by atoms with E-state index in [1.807, 2.05) is 60.7 Å². The van der Waals surface area contributed by atoms with Crippen molar-refractivity contribution in [1.82, 2.24) is 16.0 Å². The highest BCUT2D eigenvalue weighted by atomic mass is 19.4. The summed E-state index contributed by atoms with van der Waals surface area (Å²) in [5, 5.41) is 27.7. The molecule has 2 aliphatic rings. The molecular formula is C25H27F3N4O2. The number of rotatable bonds is 6. The number of amides is 1. The Labute approximate surface area is 195 Å². The van der Waals surface area contributed by atoms with Gasteiger partial charge in [0.25, 0.3) is 5.91 Å². The zero-order valence-corrected chi connectivity index (χ0v) is 18.4. The van der Waals surface area contributed by atoms with E-state index >= 15 is 0 Å². The Morgan fingerprint density at radius 3 is 2.03 bits per heavy atom. The Kier molecular flexibility index (Phi) is 7.04. The van der Waals surface area contributed by atoms with Gasteiger partial charge in [0.05, 0.1) is 6.04 Å². The van der Waals surface area contributed by atoms with Crippen LogP contribution in [0.5, 0.6) is 0 Å². The van der Waals surface area contributed by atoms with Crippen LogP contribution in [0.25, 0.3) is 0 Å². The summed E-state index contributed by atoms with van der Waals surface area (Å²) in [5.74, 6) is -4.23. The molecule has 9 heteroatoms. The second-order valence-electron chi connectivity index (χ2n) is 8.58. The molecule has 1 fully saturated rings. The van der Waals surface area contributed by atoms with Crippen molar-refractivity contribution < 1.29 is 23.1 Å². The molecule has 0 bridgehead atoms. The summed E-state index contributed by atoms with van der Waals surface area (Å²) < 4.78 is 42.6. The number of halogens is 3. The molecule has 2 aliphatic heterocycles. The fourth-order valence-electron chi connectivity index (χ4n) is 4.61. The molecule has 1 saturated heterocycles. The summed E-state index contributed by atoms with van der Waals surface area (Å²) in [4.78, 5) is 12.4. The van der Waals surface area contributed by atoms with Crippen LogP contribution in [0.1, 0.15) is 30.0 Å². The van der Waals surface area contributed by atoms with Crippen molar-refractivity contribution in [3.05, 3.63) is 83.2 Å². The van der Waals surface area contributed by atoms with Crippen LogP contribution < -0.4 is 16.0 Å². The predicted molar refractivity (Wildman–Crippen MR) is 122 cm³/mol. The molecule has 2 aromatic rings. The standard InChI is InChI=1S/C25H27F3N4O2/c26-25(27,28)19-18(20(29)15-11-13-30-14-12-15)23(32-24(34)22(19)33)31-21(16-7-3-1-4-8-16)17-9-5-2-6-10-17/h1-10,15,19,21-22,29-31,33H,11-14H2,(H,32,34)/t19-,22-/m1/s1. The van der Waals surface area contributed by atoms with E-state index < -0.39 is 41.6 Å². The molecule has 2 atom stereocenters. The van der Waals surface area contributed by atoms with Gasteiger partial charge in [-0.2, -0.15) is 13.2 Å². The maximum atomic E-state index is 14.2. The van der Waals surface area contributed by atoms with Crippen molar-refractivity contribution >= 4 is 11.6 Å². The first-order valence-corrected chi connectivity index (χ1v) is 11.2. The van der Waals surface area contributed by atoms with Gasteiger partial charge in [0.1, 0.15) is 17.8 Å². The molecule has 6 nitrogen and oxygen atoms in total. The van der Waals surface area contributed by atoms with Gasteiger partial charge in [0.15, 0.2) is 0 Å². The maximum Gasteiger partial charge on any atom is 0.398 e. The molecule has 0 aromatic heterocycles. The summed E-state index contributed by atoms with van der Waals surface area (Å²) in [6, 6.07) is 17.7. The second-order valence-corrected chi connectivity index (χ2v) is 8.58. The molecular weight excluding hydrogens is 445 g/mol. The highest BCUT2D eigenvalue weighted by Gasteiger charge is 2.54. The average molecular weight is 473 g/mol. The fourth-order valence-corrected chi connectivity index (χ4v) is 4.61. The normalized spacial score (nSPS) is 22.0. The molecule has 0 saturated carbocycles. The molecule has 4 rings (SSSR count). The molecule has 0 spiro atoms. The number of piperidine rings is 1. The van der Waals surface area contributed by atoms with Gasteiger partial charge in [0.2, 0.25) is 0 Å². The zero-order valence-electron chi connectivity index (χ0n) is 18.4. The van der Waals surface area contributed by atoms with Crippen molar-refractivity contribution in [3.63, 3.8) is 0 Å². The minimum Gasteiger partial charge on any atom is -0.382 e. The van der Waals surface area contributed by atoms with E-state index in [2.05, 4.69) is 16.0 Å². The van der Waals surface area contributed by atoms with E-state index in [0.717, 1.165) is 11.1 Å². The molecule has 2 heterocycles. The van der Waals surface area contributed by atoms with Crippen LogP contribution in [0.4, 0.5) is 13.2 Å². The van der Waals surface area contributed by atoms with Gasteiger partial charge >= 0.3 is 6.18 Å². The minimum atomic E-state index is -4.91. The first-order chi connectivity index (χ1) is 16.3. The third-order valence-corrected chi connectivity index (χ3v) is 6.36. The lowest BCUT2D eigenvalue weighted by molar-refractivity contribution is -0.192. The van der Waals surface area contributed by atoms with E-state index in [9.17, 15) is 23.1 Å². The first-order valence-electron chi connectivity index (χ1n) is 11.2. The third-order valence-electron chi connectivity index (χ3n) is 6.36. The Morgan fingerprint density at radius 2 is 1.53 bits per heavy atom. The number of carbonyl (C=O) groups is 1. The Morgan fingerprint density at radius 1 is 1.00 bits per heavy atom. The van der Waals surface area contributed by atoms with Crippen LogP contribution in [-0.2, 0) is 4.79 Å². The van der Waals surface area contributed by atoms with Crippen LogP contribution >= 0.6 is 0 Å². The number of nitrogens with one attached hydrogen (secondary N) is 4. The fraction of sp³-hybridized carbons (Fsp3) is 0.360. The summed E-state index contributed by atoms with van der Waals surface area (Å²) in [6.45, 7) is 1.18. The molecule has 180 valence electrons. The second kappa shape index (κ2) is 9.99.